The van der Waals surface area contributed by atoms with Crippen LogP contribution in [0.25, 0.3) is 0 Å². The van der Waals surface area contributed by atoms with Crippen molar-refractivity contribution in [3.05, 3.63) is 70.8 Å². The van der Waals surface area contributed by atoms with Crippen LogP contribution in [0.15, 0.2) is 48.5 Å². The molecule has 0 aliphatic heterocycles. The van der Waals surface area contributed by atoms with Gasteiger partial charge in [0.25, 0.3) is 0 Å². The van der Waals surface area contributed by atoms with E-state index >= 15 is 0 Å². The molecule has 3 nitrogen and oxygen atoms in total. The second-order valence-electron chi connectivity index (χ2n) is 8.97. The van der Waals surface area contributed by atoms with Crippen molar-refractivity contribution in [1.29, 1.82) is 0 Å². The van der Waals surface area contributed by atoms with Crippen LogP contribution in [0.5, 0.6) is 0 Å². The number of rotatable bonds is 2. The molecule has 0 saturated heterocycles. The maximum Gasteiger partial charge on any atom is 0.485 e. The minimum absolute atomic E-state index is 0.229. The molecule has 0 aromatic heterocycles. The van der Waals surface area contributed by atoms with Gasteiger partial charge in [-0.05, 0) is 39.5 Å². The minimum atomic E-state index is -6.09. The van der Waals surface area contributed by atoms with Gasteiger partial charge in [-0.15, -0.1) is 0 Å². The van der Waals surface area contributed by atoms with Gasteiger partial charge in [-0.3, -0.25) is 0 Å². The van der Waals surface area contributed by atoms with Crippen molar-refractivity contribution in [2.45, 2.75) is 64.3 Å². The van der Waals surface area contributed by atoms with Gasteiger partial charge in [-0.1, -0.05) is 90.1 Å². The molecule has 29 heavy (non-hydrogen) atoms. The Morgan fingerprint density at radius 2 is 0.931 bits per heavy atom. The second kappa shape index (κ2) is 8.88. The molecule has 2 aromatic carbocycles. The predicted octanol–water partition coefficient (Wildman–Crippen LogP) is 5.92. The lowest BCUT2D eigenvalue weighted by Gasteiger charge is -2.20. The molecule has 0 fully saturated rings. The highest BCUT2D eigenvalue weighted by Gasteiger charge is 2.36. The van der Waals surface area contributed by atoms with Gasteiger partial charge in [0.2, 0.25) is 0 Å². The summed E-state index contributed by atoms with van der Waals surface area (Å²) in [5.74, 6) is 0. The van der Waals surface area contributed by atoms with Crippen LogP contribution >= 0.6 is 0 Å². The zero-order chi connectivity index (χ0) is 22.7. The Bertz CT molecular complexity index is 829. The average Bonchev–Trinajstić information content (AvgIpc) is 2.53. The van der Waals surface area contributed by atoms with Crippen LogP contribution in [0.4, 0.5) is 13.2 Å². The Morgan fingerprint density at radius 1 is 0.690 bits per heavy atom. The van der Waals surface area contributed by atoms with Gasteiger partial charge in [0.15, 0.2) is 10.1 Å². The molecule has 162 valence electrons. The molecule has 2 rings (SSSR count). The van der Waals surface area contributed by atoms with Crippen molar-refractivity contribution in [1.82, 2.24) is 0 Å². The van der Waals surface area contributed by atoms with Gasteiger partial charge in [0.1, 0.15) is 0 Å². The summed E-state index contributed by atoms with van der Waals surface area (Å²) < 4.78 is 58.9. The molecule has 0 atom stereocenters. The first-order chi connectivity index (χ1) is 12.9. The predicted molar refractivity (Wildman–Crippen MR) is 109 cm³/mol. The van der Waals surface area contributed by atoms with Gasteiger partial charge < -0.3 is 4.55 Å². The van der Waals surface area contributed by atoms with Crippen LogP contribution in [0.3, 0.4) is 0 Å². The Kier molecular flexibility index (Phi) is 7.71. The third kappa shape index (κ3) is 8.19. The average molecular weight is 430 g/mol. The van der Waals surface area contributed by atoms with Crippen molar-refractivity contribution in [2.75, 3.05) is 0 Å². The Morgan fingerprint density at radius 3 is 1.10 bits per heavy atom. The van der Waals surface area contributed by atoms with E-state index in [1.807, 2.05) is 0 Å². The van der Waals surface area contributed by atoms with Crippen LogP contribution in [-0.2, 0) is 27.4 Å². The molecule has 0 unspecified atom stereocenters. The summed E-state index contributed by atoms with van der Waals surface area (Å²) in [5, 5.41) is 0. The highest BCUT2D eigenvalue weighted by molar-refractivity contribution is 7.86. The van der Waals surface area contributed by atoms with Gasteiger partial charge in [-0.25, -0.2) is 8.42 Å². The zero-order valence-corrected chi connectivity index (χ0v) is 18.4. The summed E-state index contributed by atoms with van der Waals surface area (Å²) in [6, 6.07) is 18.1. The molecular weight excluding hydrogens is 401 g/mol. The van der Waals surface area contributed by atoms with E-state index < -0.39 is 15.6 Å². The molecule has 0 radical (unpaired) electrons. The molecule has 0 aliphatic carbocycles. The molecule has 7 heteroatoms. The first-order valence-corrected chi connectivity index (χ1v) is 10.5. The first-order valence-electron chi connectivity index (χ1n) is 9.12. The molecule has 0 aliphatic rings. The van der Waals surface area contributed by atoms with Gasteiger partial charge >= 0.3 is 5.51 Å². The fourth-order valence-corrected chi connectivity index (χ4v) is 2.48. The Balaban J connectivity index is 0.000000447. The summed E-state index contributed by atoms with van der Waals surface area (Å²) in [6.07, 6.45) is 1.01. The summed E-state index contributed by atoms with van der Waals surface area (Å²) in [7, 11) is -6.09. The summed E-state index contributed by atoms with van der Waals surface area (Å²) in [4.78, 5) is 0. The fraction of sp³-hybridized carbons (Fsp3) is 0.455. The summed E-state index contributed by atoms with van der Waals surface area (Å²) in [5.41, 5.74) is 0.369. The van der Waals surface area contributed by atoms with Crippen molar-refractivity contribution in [3.8, 4) is 0 Å². The largest absolute Gasteiger partial charge is 0.741 e. The second-order valence-corrected chi connectivity index (χ2v) is 10.3. The Hall–Kier alpha value is -1.86. The van der Waals surface area contributed by atoms with Crippen LogP contribution in [-0.4, -0.2) is 18.5 Å². The van der Waals surface area contributed by atoms with E-state index in [1.54, 1.807) is 0 Å². The zero-order valence-electron chi connectivity index (χ0n) is 17.6. The highest BCUT2D eigenvalue weighted by Crippen LogP contribution is 2.25. The maximum atomic E-state index is 10.7. The minimum Gasteiger partial charge on any atom is -0.741 e. The number of hydrogen-bond acceptors (Lipinski definition) is 3. The Labute approximate surface area is 171 Å². The van der Waals surface area contributed by atoms with Gasteiger partial charge in [0, 0.05) is 0 Å². The highest BCUT2D eigenvalue weighted by atomic mass is 32.2. The van der Waals surface area contributed by atoms with E-state index in [0.717, 1.165) is 6.42 Å². The quantitative estimate of drug-likeness (QED) is 0.440. The number of alkyl halides is 3. The van der Waals surface area contributed by atoms with E-state index in [-0.39, 0.29) is 10.8 Å². The molecule has 0 spiro atoms. The van der Waals surface area contributed by atoms with E-state index in [2.05, 4.69) is 90.1 Å². The van der Waals surface area contributed by atoms with E-state index in [9.17, 15) is 13.2 Å². The molecule has 0 amide bonds. The molecule has 0 heterocycles. The van der Waals surface area contributed by atoms with E-state index in [4.69, 9.17) is 13.0 Å². The van der Waals surface area contributed by atoms with Crippen molar-refractivity contribution in [2.24, 2.45) is 0 Å². The van der Waals surface area contributed by atoms with E-state index in [0.29, 0.717) is 0 Å². The molecule has 0 bridgehead atoms. The fourth-order valence-electron chi connectivity index (χ4n) is 2.48. The monoisotopic (exact) mass is 429 g/mol. The third-order valence-electron chi connectivity index (χ3n) is 4.33. The molecule has 0 N–H and O–H groups in total. The van der Waals surface area contributed by atoms with Crippen LogP contribution < -0.4 is 0 Å². The maximum absolute atomic E-state index is 10.7. The number of halogens is 3. The lowest BCUT2D eigenvalue weighted by Crippen LogP contribution is -2.21. The standard InChI is InChI=1S/C21H28.CHF3O3S/c1-20(2,3)18-11-7-16(8-12-18)15-17-9-13-19(14-10-17)21(4,5)6;2-1(3,4)8(5,6)7/h7-14H,15H2,1-6H3;(H,5,6,7)/p-1. The van der Waals surface area contributed by atoms with Crippen LogP contribution in [0.2, 0.25) is 0 Å². The molecular formula is C22H28F3O3S-. The van der Waals surface area contributed by atoms with Crippen molar-refractivity contribution >= 4 is 10.1 Å². The summed E-state index contributed by atoms with van der Waals surface area (Å²) >= 11 is 0. The molecule has 0 saturated carbocycles. The lowest BCUT2D eigenvalue weighted by atomic mass is 9.85. The van der Waals surface area contributed by atoms with Crippen LogP contribution in [0, 0.1) is 0 Å². The topological polar surface area (TPSA) is 57.2 Å². The van der Waals surface area contributed by atoms with Crippen molar-refractivity contribution < 1.29 is 26.1 Å². The SMILES string of the molecule is CC(C)(C)c1ccc(Cc2ccc(C(C)(C)C)cc2)cc1.O=S(=O)([O-])C(F)(F)F. The third-order valence-corrected chi connectivity index (χ3v) is 4.90. The number of hydrogen-bond donors (Lipinski definition) is 0. The van der Waals surface area contributed by atoms with Crippen LogP contribution in [0.1, 0.15) is 63.8 Å². The molecule has 2 aromatic rings. The van der Waals surface area contributed by atoms with Gasteiger partial charge in [-0.2, -0.15) is 13.2 Å². The van der Waals surface area contributed by atoms with Gasteiger partial charge in [0.05, 0.1) is 0 Å². The lowest BCUT2D eigenvalue weighted by molar-refractivity contribution is -0.0517. The number of benzene rings is 2. The first kappa shape index (κ1) is 25.2. The normalized spacial score (nSPS) is 12.9. The van der Waals surface area contributed by atoms with Crippen molar-refractivity contribution in [3.63, 3.8) is 0 Å². The van der Waals surface area contributed by atoms with E-state index in [1.165, 1.54) is 22.3 Å². The summed E-state index contributed by atoms with van der Waals surface area (Å²) in [6.45, 7) is 13.5. The smallest absolute Gasteiger partial charge is 0.485 e.